The number of carbonyl (C=O) groups is 2. The van der Waals surface area contributed by atoms with Crippen LogP contribution in [-0.4, -0.2) is 55.9 Å². The number of fused-ring (bicyclic) bond motifs is 1. The number of rotatable bonds is 8. The molecule has 2 aromatic rings. The topological polar surface area (TPSA) is 77.0 Å². The minimum atomic E-state index is -0.189. The number of aliphatic imine (C=N–C) groups is 1. The molecule has 0 spiro atoms. The molecule has 0 saturated carbocycles. The molecule has 7 nitrogen and oxygen atoms in total. The zero-order chi connectivity index (χ0) is 23.2. The molecule has 1 saturated heterocycles. The molecule has 0 aromatic heterocycles. The summed E-state index contributed by atoms with van der Waals surface area (Å²) in [7, 11) is 1.77. The first-order valence-corrected chi connectivity index (χ1v) is 11.9. The van der Waals surface area contributed by atoms with Gasteiger partial charge in [0.25, 0.3) is 11.8 Å². The molecule has 2 aliphatic rings. The van der Waals surface area contributed by atoms with Crippen molar-refractivity contribution in [1.29, 1.82) is 0 Å². The molecule has 2 N–H and O–H groups in total. The molecule has 34 heavy (non-hydrogen) atoms. The molecule has 4 rings (SSSR count). The number of imide groups is 1. The quantitative estimate of drug-likeness (QED) is 0.162. The van der Waals surface area contributed by atoms with Crippen LogP contribution in [0.4, 0.5) is 5.69 Å². The minimum Gasteiger partial charge on any atom is -0.372 e. The largest absolute Gasteiger partial charge is 0.372 e. The van der Waals surface area contributed by atoms with Gasteiger partial charge >= 0.3 is 0 Å². The van der Waals surface area contributed by atoms with Crippen molar-refractivity contribution in [2.45, 2.75) is 38.6 Å². The van der Waals surface area contributed by atoms with Crippen LogP contribution in [0.2, 0.25) is 0 Å². The Morgan fingerprint density at radius 3 is 2.32 bits per heavy atom. The van der Waals surface area contributed by atoms with Gasteiger partial charge in [0.1, 0.15) is 0 Å². The van der Waals surface area contributed by atoms with Crippen molar-refractivity contribution in [1.82, 2.24) is 15.5 Å². The summed E-state index contributed by atoms with van der Waals surface area (Å²) in [5.74, 6) is 0.367. The van der Waals surface area contributed by atoms with Crippen LogP contribution in [0.1, 0.15) is 64.9 Å². The van der Waals surface area contributed by atoms with Gasteiger partial charge in [0.15, 0.2) is 5.96 Å². The second-order valence-corrected chi connectivity index (χ2v) is 8.67. The molecule has 1 atom stereocenters. The number of halogens is 1. The predicted octanol–water partition coefficient (Wildman–Crippen LogP) is 4.21. The second kappa shape index (κ2) is 12.2. The third-order valence-electron chi connectivity index (χ3n) is 6.40. The first-order chi connectivity index (χ1) is 16.1. The Kier molecular flexibility index (Phi) is 9.32. The lowest BCUT2D eigenvalue weighted by molar-refractivity contribution is 0.0652. The fourth-order valence-electron chi connectivity index (χ4n) is 4.49. The molecule has 2 aliphatic heterocycles. The number of nitrogens with zero attached hydrogens (tertiary/aromatic N) is 3. The van der Waals surface area contributed by atoms with Gasteiger partial charge in [-0.2, -0.15) is 0 Å². The molecular weight excluding hydrogens is 541 g/mol. The number of amides is 2. The van der Waals surface area contributed by atoms with Crippen LogP contribution in [0, 0.1) is 0 Å². The Morgan fingerprint density at radius 2 is 1.68 bits per heavy atom. The van der Waals surface area contributed by atoms with Crippen LogP contribution in [0.15, 0.2) is 53.5 Å². The highest BCUT2D eigenvalue weighted by Gasteiger charge is 2.34. The number of benzene rings is 2. The van der Waals surface area contributed by atoms with Gasteiger partial charge in [-0.05, 0) is 62.4 Å². The highest BCUT2D eigenvalue weighted by Crippen LogP contribution is 2.24. The van der Waals surface area contributed by atoms with E-state index >= 15 is 0 Å². The van der Waals surface area contributed by atoms with E-state index in [-0.39, 0.29) is 41.8 Å². The van der Waals surface area contributed by atoms with E-state index < -0.39 is 0 Å². The van der Waals surface area contributed by atoms with Crippen LogP contribution in [0.5, 0.6) is 0 Å². The van der Waals surface area contributed by atoms with E-state index in [1.165, 1.54) is 29.0 Å². The molecule has 1 fully saturated rings. The fraction of sp³-hybridized carbons (Fsp3) is 0.423. The highest BCUT2D eigenvalue weighted by atomic mass is 127. The lowest BCUT2D eigenvalue weighted by atomic mass is 10.1. The van der Waals surface area contributed by atoms with Crippen LogP contribution >= 0.6 is 24.0 Å². The van der Waals surface area contributed by atoms with Crippen molar-refractivity contribution in [3.05, 3.63) is 65.2 Å². The van der Waals surface area contributed by atoms with Gasteiger partial charge < -0.3 is 15.5 Å². The molecule has 2 heterocycles. The molecule has 2 aromatic carbocycles. The Labute approximate surface area is 219 Å². The monoisotopic (exact) mass is 575 g/mol. The van der Waals surface area contributed by atoms with Gasteiger partial charge in [0.05, 0.1) is 17.2 Å². The first-order valence-electron chi connectivity index (χ1n) is 11.9. The van der Waals surface area contributed by atoms with Crippen LogP contribution in [-0.2, 0) is 0 Å². The number of hydrogen-bond acceptors (Lipinski definition) is 4. The van der Waals surface area contributed by atoms with Crippen molar-refractivity contribution in [3.8, 4) is 0 Å². The number of guanidine groups is 1. The molecule has 0 aliphatic carbocycles. The van der Waals surface area contributed by atoms with Crippen molar-refractivity contribution in [2.24, 2.45) is 4.99 Å². The number of carbonyl (C=O) groups excluding carboxylic acids is 2. The van der Waals surface area contributed by atoms with Crippen LogP contribution in [0.25, 0.3) is 0 Å². The summed E-state index contributed by atoms with van der Waals surface area (Å²) in [4.78, 5) is 33.0. The van der Waals surface area contributed by atoms with E-state index in [1.54, 1.807) is 31.3 Å². The maximum Gasteiger partial charge on any atom is 0.261 e. The summed E-state index contributed by atoms with van der Waals surface area (Å²) in [6.07, 6.45) is 4.10. The Balaban J connectivity index is 0.00000324. The third-order valence-corrected chi connectivity index (χ3v) is 6.40. The average Bonchev–Trinajstić information content (AvgIpc) is 3.47. The maximum absolute atomic E-state index is 12.4. The van der Waals surface area contributed by atoms with Gasteiger partial charge in [-0.15, -0.1) is 24.0 Å². The number of hydrogen-bond donors (Lipinski definition) is 2. The molecule has 0 radical (unpaired) electrons. The van der Waals surface area contributed by atoms with E-state index in [2.05, 4.69) is 51.7 Å². The van der Waals surface area contributed by atoms with Crippen molar-refractivity contribution in [3.63, 3.8) is 0 Å². The van der Waals surface area contributed by atoms with Crippen molar-refractivity contribution < 1.29 is 9.59 Å². The normalized spacial score (nSPS) is 16.4. The fourth-order valence-corrected chi connectivity index (χ4v) is 4.49. The summed E-state index contributed by atoms with van der Waals surface area (Å²) in [6, 6.07) is 15.9. The zero-order valence-electron chi connectivity index (χ0n) is 19.9. The maximum atomic E-state index is 12.4. The van der Waals surface area contributed by atoms with Crippen molar-refractivity contribution in [2.75, 3.05) is 38.1 Å². The minimum absolute atomic E-state index is 0. The van der Waals surface area contributed by atoms with Gasteiger partial charge in [-0.25, -0.2) is 0 Å². The molecule has 8 heteroatoms. The molecular formula is C26H34IN5O2. The van der Waals surface area contributed by atoms with Crippen LogP contribution in [0.3, 0.4) is 0 Å². The van der Waals surface area contributed by atoms with E-state index in [0.29, 0.717) is 24.2 Å². The lowest BCUT2D eigenvalue weighted by Crippen LogP contribution is -2.39. The molecule has 1 unspecified atom stereocenters. The smallest absolute Gasteiger partial charge is 0.261 e. The summed E-state index contributed by atoms with van der Waals surface area (Å²) < 4.78 is 0. The average molecular weight is 575 g/mol. The predicted molar refractivity (Wildman–Crippen MR) is 147 cm³/mol. The number of unbranched alkanes of at least 4 members (excludes halogenated alkanes) is 1. The highest BCUT2D eigenvalue weighted by molar-refractivity contribution is 14.0. The van der Waals surface area contributed by atoms with E-state index in [4.69, 9.17) is 0 Å². The van der Waals surface area contributed by atoms with Gasteiger partial charge in [0, 0.05) is 38.9 Å². The molecule has 2 amide bonds. The van der Waals surface area contributed by atoms with Crippen molar-refractivity contribution >= 4 is 47.4 Å². The van der Waals surface area contributed by atoms with Gasteiger partial charge in [0.2, 0.25) is 0 Å². The number of anilines is 1. The summed E-state index contributed by atoms with van der Waals surface area (Å²) >= 11 is 0. The van der Waals surface area contributed by atoms with E-state index in [1.807, 2.05) is 0 Å². The summed E-state index contributed by atoms with van der Waals surface area (Å²) in [6.45, 7) is 5.55. The van der Waals surface area contributed by atoms with Crippen LogP contribution < -0.4 is 15.5 Å². The molecule has 182 valence electrons. The van der Waals surface area contributed by atoms with E-state index in [0.717, 1.165) is 31.9 Å². The first kappa shape index (κ1) is 26.0. The third kappa shape index (κ3) is 5.89. The number of nitrogens with one attached hydrogen (secondary N) is 2. The lowest BCUT2D eigenvalue weighted by Gasteiger charge is -2.22. The summed E-state index contributed by atoms with van der Waals surface area (Å²) in [5, 5.41) is 6.81. The standard InChI is InChI=1S/C26H33N5O2.HI/c1-19(20-10-9-11-21(18-20)30-15-7-8-16-30)29-26(27-2)28-14-5-6-17-31-24(32)22-12-3-4-13-23(22)25(31)33;/h3-4,9-13,18-19H,5-8,14-17H2,1-2H3,(H2,27,28,29);1H. The Bertz CT molecular complexity index is 1000. The summed E-state index contributed by atoms with van der Waals surface area (Å²) in [5.41, 5.74) is 3.53. The Morgan fingerprint density at radius 1 is 1.00 bits per heavy atom. The van der Waals surface area contributed by atoms with E-state index in [9.17, 15) is 9.59 Å². The zero-order valence-corrected chi connectivity index (χ0v) is 22.2. The van der Waals surface area contributed by atoms with Gasteiger partial charge in [-0.3, -0.25) is 19.5 Å². The van der Waals surface area contributed by atoms with Gasteiger partial charge in [-0.1, -0.05) is 24.3 Å². The Hall–Kier alpha value is -2.62. The SMILES string of the molecule is CN=C(NCCCCN1C(=O)c2ccccc2C1=O)NC(C)c1cccc(N2CCCC2)c1.I. The molecule has 0 bridgehead atoms. The second-order valence-electron chi connectivity index (χ2n) is 8.67.